The van der Waals surface area contributed by atoms with Crippen LogP contribution in [0.4, 0.5) is 0 Å². The average Bonchev–Trinajstić information content (AvgIpc) is 2.44. The summed E-state index contributed by atoms with van der Waals surface area (Å²) in [5.41, 5.74) is 0.665. The fraction of sp³-hybridized carbons (Fsp3) is 0.0588. The van der Waals surface area contributed by atoms with E-state index in [2.05, 4.69) is 19.7 Å². The lowest BCUT2D eigenvalue weighted by Crippen LogP contribution is -1.95. The van der Waals surface area contributed by atoms with Crippen LogP contribution in [0.15, 0.2) is 97.8 Å². The van der Waals surface area contributed by atoms with Gasteiger partial charge in [-0.2, -0.15) is 0 Å². The van der Waals surface area contributed by atoms with Gasteiger partial charge in [0.15, 0.2) is 0 Å². The normalized spacial score (nSPS) is 12.7. The van der Waals surface area contributed by atoms with Gasteiger partial charge >= 0.3 is 0 Å². The Morgan fingerprint density at radius 2 is 1.70 bits per heavy atom. The summed E-state index contributed by atoms with van der Waals surface area (Å²) in [5, 5.41) is 10.8. The van der Waals surface area contributed by atoms with Crippen LogP contribution in [-0.4, -0.2) is 4.92 Å². The molecule has 0 aromatic heterocycles. The van der Waals surface area contributed by atoms with Crippen molar-refractivity contribution in [1.82, 2.24) is 0 Å². The van der Waals surface area contributed by atoms with E-state index in [9.17, 15) is 10.1 Å². The van der Waals surface area contributed by atoms with E-state index < -0.39 is 4.92 Å². The second-order valence-corrected chi connectivity index (χ2v) is 3.67. The number of hydrogen-bond donors (Lipinski definition) is 0. The predicted molar refractivity (Wildman–Crippen MR) is 85.8 cm³/mol. The second kappa shape index (κ2) is 11.4. The fourth-order valence-electron chi connectivity index (χ4n) is 1.08. The van der Waals surface area contributed by atoms with Crippen molar-refractivity contribution in [3.05, 3.63) is 108 Å². The van der Waals surface area contributed by atoms with Gasteiger partial charge in [0.1, 0.15) is 0 Å². The fourth-order valence-corrected chi connectivity index (χ4v) is 1.08. The third-order valence-electron chi connectivity index (χ3n) is 2.12. The van der Waals surface area contributed by atoms with Gasteiger partial charge in [0.25, 0.3) is 5.70 Å². The average molecular weight is 269 g/mol. The Balaban J connectivity index is 4.49. The molecule has 3 heteroatoms. The van der Waals surface area contributed by atoms with Gasteiger partial charge in [-0.15, -0.1) is 0 Å². The summed E-state index contributed by atoms with van der Waals surface area (Å²) >= 11 is 0. The van der Waals surface area contributed by atoms with Crippen LogP contribution in [0.3, 0.4) is 0 Å². The van der Waals surface area contributed by atoms with Gasteiger partial charge in [0.05, 0.1) is 4.92 Å². The van der Waals surface area contributed by atoms with E-state index >= 15 is 0 Å². The molecule has 0 aliphatic carbocycles. The first-order valence-electron chi connectivity index (χ1n) is 6.06. The highest BCUT2D eigenvalue weighted by molar-refractivity contribution is 5.29. The third-order valence-corrected chi connectivity index (χ3v) is 2.12. The molecule has 104 valence electrons. The topological polar surface area (TPSA) is 43.1 Å². The van der Waals surface area contributed by atoms with Gasteiger partial charge in [0.2, 0.25) is 0 Å². The summed E-state index contributed by atoms with van der Waals surface area (Å²) < 4.78 is 0. The zero-order valence-electron chi connectivity index (χ0n) is 11.4. The minimum absolute atomic E-state index is 0.0354. The van der Waals surface area contributed by atoms with Crippen LogP contribution in [0.2, 0.25) is 0 Å². The van der Waals surface area contributed by atoms with Crippen LogP contribution in [-0.2, 0) is 0 Å². The van der Waals surface area contributed by atoms with E-state index in [-0.39, 0.29) is 5.70 Å². The smallest absolute Gasteiger partial charge is 0.258 e. The summed E-state index contributed by atoms with van der Waals surface area (Å²) in [7, 11) is 0. The van der Waals surface area contributed by atoms with E-state index in [0.29, 0.717) is 12.0 Å². The van der Waals surface area contributed by atoms with Crippen molar-refractivity contribution < 1.29 is 4.92 Å². The summed E-state index contributed by atoms with van der Waals surface area (Å²) in [6.07, 6.45) is 19.2. The molecule has 0 radical (unpaired) electrons. The zero-order chi connectivity index (χ0) is 15.2. The van der Waals surface area contributed by atoms with Gasteiger partial charge < -0.3 is 0 Å². The number of allylic oxidation sites excluding steroid dienone is 12. The molecule has 0 aromatic rings. The summed E-state index contributed by atoms with van der Waals surface area (Å²) in [6, 6.07) is 0. The van der Waals surface area contributed by atoms with Crippen molar-refractivity contribution >= 4 is 0 Å². The molecular weight excluding hydrogens is 250 g/mol. The van der Waals surface area contributed by atoms with Crippen molar-refractivity contribution in [2.75, 3.05) is 0 Å². The van der Waals surface area contributed by atoms with Crippen molar-refractivity contribution in [3.63, 3.8) is 0 Å². The van der Waals surface area contributed by atoms with Crippen molar-refractivity contribution in [1.29, 1.82) is 0 Å². The molecular formula is C17H19NO2. The maximum atomic E-state index is 10.8. The molecule has 0 atom stereocenters. The molecule has 0 saturated heterocycles. The van der Waals surface area contributed by atoms with Crippen molar-refractivity contribution in [3.8, 4) is 0 Å². The maximum Gasteiger partial charge on any atom is 0.265 e. The molecule has 20 heavy (non-hydrogen) atoms. The number of hydrogen-bond acceptors (Lipinski definition) is 2. The Bertz CT molecular complexity index is 503. The van der Waals surface area contributed by atoms with Crippen molar-refractivity contribution in [2.45, 2.75) is 6.42 Å². The number of rotatable bonds is 9. The van der Waals surface area contributed by atoms with E-state index in [1.165, 1.54) is 18.2 Å². The Morgan fingerprint density at radius 1 is 1.05 bits per heavy atom. The van der Waals surface area contributed by atoms with Gasteiger partial charge in [-0.25, -0.2) is 0 Å². The molecule has 0 spiro atoms. The molecule has 0 saturated carbocycles. The van der Waals surface area contributed by atoms with Gasteiger partial charge in [-0.05, 0) is 24.1 Å². The zero-order valence-corrected chi connectivity index (χ0v) is 11.4. The van der Waals surface area contributed by atoms with Crippen LogP contribution in [0.5, 0.6) is 0 Å². The Hall–Kier alpha value is -2.68. The first kappa shape index (κ1) is 17.3. The Morgan fingerprint density at radius 3 is 2.30 bits per heavy atom. The first-order valence-corrected chi connectivity index (χ1v) is 6.06. The Labute approximate surface area is 120 Å². The van der Waals surface area contributed by atoms with Gasteiger partial charge in [-0.1, -0.05) is 68.3 Å². The summed E-state index contributed by atoms with van der Waals surface area (Å²) in [5.74, 6) is 0. The molecule has 0 aromatic carbocycles. The number of nitrogens with zero attached hydrogens (tertiary/aromatic N) is 1. The van der Waals surface area contributed by atoms with E-state index in [1.807, 2.05) is 36.5 Å². The summed E-state index contributed by atoms with van der Waals surface area (Å²) in [6.45, 7) is 10.7. The molecule has 0 unspecified atom stereocenters. The lowest BCUT2D eigenvalue weighted by molar-refractivity contribution is -0.419. The van der Waals surface area contributed by atoms with Crippen LogP contribution in [0, 0.1) is 10.1 Å². The molecule has 0 N–H and O–H groups in total. The SMILES string of the molecule is C=C\C=C/C=C/C=C\C/C=C(\C=C/C(=C)C=C)[N+](=O)[O-]. The molecule has 0 heterocycles. The first-order chi connectivity index (χ1) is 9.61. The minimum atomic E-state index is -0.427. The maximum absolute atomic E-state index is 10.8. The van der Waals surface area contributed by atoms with Crippen LogP contribution in [0.25, 0.3) is 0 Å². The van der Waals surface area contributed by atoms with E-state index in [4.69, 9.17) is 0 Å². The van der Waals surface area contributed by atoms with Crippen LogP contribution < -0.4 is 0 Å². The minimum Gasteiger partial charge on any atom is -0.258 e. The number of nitro groups is 1. The third kappa shape index (κ3) is 9.36. The van der Waals surface area contributed by atoms with Crippen LogP contribution in [0.1, 0.15) is 6.42 Å². The molecule has 0 bridgehead atoms. The summed E-state index contributed by atoms with van der Waals surface area (Å²) in [4.78, 5) is 10.4. The quantitative estimate of drug-likeness (QED) is 0.346. The second-order valence-electron chi connectivity index (χ2n) is 3.67. The van der Waals surface area contributed by atoms with E-state index in [0.717, 1.165) is 0 Å². The van der Waals surface area contributed by atoms with Crippen molar-refractivity contribution in [2.24, 2.45) is 0 Å². The van der Waals surface area contributed by atoms with Gasteiger partial charge in [0, 0.05) is 6.08 Å². The Kier molecular flexibility index (Phi) is 9.88. The molecule has 3 nitrogen and oxygen atoms in total. The molecule has 0 rings (SSSR count). The highest BCUT2D eigenvalue weighted by Crippen LogP contribution is 2.04. The monoisotopic (exact) mass is 269 g/mol. The van der Waals surface area contributed by atoms with E-state index in [1.54, 1.807) is 12.2 Å². The molecule has 0 amide bonds. The lowest BCUT2D eigenvalue weighted by Gasteiger charge is -1.91. The predicted octanol–water partition coefficient (Wildman–Crippen LogP) is 4.69. The molecule has 0 aliphatic heterocycles. The largest absolute Gasteiger partial charge is 0.265 e. The van der Waals surface area contributed by atoms with Crippen LogP contribution >= 0.6 is 0 Å². The molecule has 0 aliphatic rings. The molecule has 0 fully saturated rings. The standard InChI is InChI=1S/C17H19NO2/c1-4-6-7-8-9-10-11-12-13-17(18(19)20)15-14-16(3)5-2/h4-11,13-15H,1-3,12H2/b7-6-,9-8+,11-10-,15-14-,17-13+. The van der Waals surface area contributed by atoms with Gasteiger partial charge in [-0.3, -0.25) is 10.1 Å². The highest BCUT2D eigenvalue weighted by atomic mass is 16.6. The highest BCUT2D eigenvalue weighted by Gasteiger charge is 2.03. The lowest BCUT2D eigenvalue weighted by atomic mass is 10.2.